The number of alkyl halides is 3. The molecule has 0 bridgehead atoms. The van der Waals surface area contributed by atoms with E-state index in [2.05, 4.69) is 10.3 Å². The molecule has 0 spiro atoms. The predicted octanol–water partition coefficient (Wildman–Crippen LogP) is 4.04. The van der Waals surface area contributed by atoms with E-state index in [0.29, 0.717) is 17.5 Å². The van der Waals surface area contributed by atoms with Crippen molar-refractivity contribution in [1.82, 2.24) is 15.0 Å². The maximum atomic E-state index is 12.8. The molecule has 0 radical (unpaired) electrons. The van der Waals surface area contributed by atoms with Crippen LogP contribution in [-0.4, -0.2) is 62.5 Å². The van der Waals surface area contributed by atoms with Crippen molar-refractivity contribution in [2.45, 2.75) is 49.9 Å². The van der Waals surface area contributed by atoms with Crippen molar-refractivity contribution in [3.8, 4) is 10.4 Å². The second kappa shape index (κ2) is 11.3. The van der Waals surface area contributed by atoms with Gasteiger partial charge in [-0.25, -0.2) is 13.4 Å². The van der Waals surface area contributed by atoms with Crippen molar-refractivity contribution in [1.29, 1.82) is 0 Å². The van der Waals surface area contributed by atoms with E-state index >= 15 is 0 Å². The fraction of sp³-hybridized carbons (Fsp3) is 0.500. The molecule has 1 aromatic carbocycles. The molecule has 0 aliphatic carbocycles. The predicted molar refractivity (Wildman–Crippen MR) is 128 cm³/mol. The summed E-state index contributed by atoms with van der Waals surface area (Å²) in [7, 11) is -3.18. The van der Waals surface area contributed by atoms with Gasteiger partial charge in [-0.3, -0.25) is 4.79 Å². The van der Waals surface area contributed by atoms with Crippen LogP contribution in [-0.2, 0) is 21.2 Å². The molecule has 15 heteroatoms. The molecule has 1 atom stereocenters. The summed E-state index contributed by atoms with van der Waals surface area (Å²) in [4.78, 5) is 16.6. The monoisotopic (exact) mass is 577 g/mol. The number of ether oxygens (including phenoxy) is 1. The highest BCUT2D eigenvalue weighted by Crippen LogP contribution is 2.41. The molecule has 35 heavy (non-hydrogen) atoms. The first-order valence-corrected chi connectivity index (χ1v) is 13.1. The van der Waals surface area contributed by atoms with Crippen LogP contribution in [0.1, 0.15) is 36.3 Å². The fourth-order valence-corrected chi connectivity index (χ4v) is 5.89. The maximum Gasteiger partial charge on any atom is 0.404 e. The highest BCUT2D eigenvalue weighted by molar-refractivity contribution is 7.89. The van der Waals surface area contributed by atoms with Gasteiger partial charge in [0.05, 0.1) is 32.8 Å². The number of halogens is 5. The van der Waals surface area contributed by atoms with Gasteiger partial charge in [-0.1, -0.05) is 29.3 Å². The number of nitrogens with zero attached hydrogens (tertiary/aromatic N) is 1. The Bertz CT molecular complexity index is 1180. The van der Waals surface area contributed by atoms with Crippen LogP contribution in [0.5, 0.6) is 0 Å². The van der Waals surface area contributed by atoms with Gasteiger partial charge in [-0.05, 0) is 26.8 Å². The Kier molecular flexibility index (Phi) is 9.59. The lowest BCUT2D eigenvalue weighted by Gasteiger charge is -2.18. The summed E-state index contributed by atoms with van der Waals surface area (Å²) in [5.41, 5.74) is -0.489. The molecule has 8 nitrogen and oxygen atoms in total. The number of hydrogen-bond acceptors (Lipinski definition) is 7. The van der Waals surface area contributed by atoms with Crippen molar-refractivity contribution in [3.05, 3.63) is 32.9 Å². The highest BCUT2D eigenvalue weighted by atomic mass is 35.5. The van der Waals surface area contributed by atoms with E-state index in [-0.39, 0.29) is 35.2 Å². The normalized spacial score (nSPS) is 13.7. The van der Waals surface area contributed by atoms with Crippen LogP contribution in [0.3, 0.4) is 0 Å². The third-order valence-corrected chi connectivity index (χ3v) is 8.23. The molecular weight excluding hydrogens is 554 g/mol. The van der Waals surface area contributed by atoms with E-state index in [9.17, 15) is 31.5 Å². The average molecular weight is 578 g/mol. The van der Waals surface area contributed by atoms with Crippen LogP contribution < -0.4 is 10.0 Å². The van der Waals surface area contributed by atoms with E-state index < -0.39 is 43.7 Å². The Morgan fingerprint density at radius 2 is 1.89 bits per heavy atom. The second-order valence-corrected chi connectivity index (χ2v) is 11.6. The molecule has 0 unspecified atom stereocenters. The summed E-state index contributed by atoms with van der Waals surface area (Å²) >= 11 is 13.5. The van der Waals surface area contributed by atoms with Gasteiger partial charge in [0.15, 0.2) is 5.01 Å². The van der Waals surface area contributed by atoms with Gasteiger partial charge in [-0.15, -0.1) is 11.3 Å². The van der Waals surface area contributed by atoms with Crippen molar-refractivity contribution < 1.29 is 36.2 Å². The SMILES string of the molecule is COCCc1nc(C(=O)NCC(C)(C)O)sc1-c1ccc(S(=O)(=O)N[C@@H](C)C(F)(F)F)c(Cl)c1Cl. The first kappa shape index (κ1) is 29.7. The van der Waals surface area contributed by atoms with Gasteiger partial charge in [0.1, 0.15) is 10.9 Å². The van der Waals surface area contributed by atoms with Crippen LogP contribution in [0.25, 0.3) is 10.4 Å². The molecule has 0 saturated heterocycles. The number of aliphatic hydroxyl groups is 1. The number of amides is 1. The molecule has 1 heterocycles. The number of methoxy groups -OCH3 is 1. The van der Waals surface area contributed by atoms with Crippen LogP contribution in [0, 0.1) is 0 Å². The van der Waals surface area contributed by atoms with E-state index in [1.807, 2.05) is 0 Å². The van der Waals surface area contributed by atoms with Crippen LogP contribution >= 0.6 is 34.5 Å². The number of benzene rings is 1. The van der Waals surface area contributed by atoms with E-state index in [0.717, 1.165) is 17.4 Å². The summed E-state index contributed by atoms with van der Waals surface area (Å²) in [6.07, 6.45) is -4.52. The van der Waals surface area contributed by atoms with E-state index in [1.165, 1.54) is 31.7 Å². The Labute approximate surface area is 214 Å². The van der Waals surface area contributed by atoms with E-state index in [1.54, 1.807) is 0 Å². The van der Waals surface area contributed by atoms with Crippen molar-refractivity contribution in [3.63, 3.8) is 0 Å². The summed E-state index contributed by atoms with van der Waals surface area (Å²) < 4.78 is 70.2. The molecule has 0 fully saturated rings. The van der Waals surface area contributed by atoms with Gasteiger partial charge < -0.3 is 15.2 Å². The number of aromatic nitrogens is 1. The number of hydrogen-bond donors (Lipinski definition) is 3. The zero-order valence-electron chi connectivity index (χ0n) is 19.1. The molecule has 3 N–H and O–H groups in total. The Balaban J connectivity index is 2.49. The smallest absolute Gasteiger partial charge is 0.389 e. The van der Waals surface area contributed by atoms with Crippen LogP contribution in [0.15, 0.2) is 17.0 Å². The van der Waals surface area contributed by atoms with E-state index in [4.69, 9.17) is 27.9 Å². The molecule has 0 aliphatic heterocycles. The lowest BCUT2D eigenvalue weighted by molar-refractivity contribution is -0.147. The van der Waals surface area contributed by atoms with Crippen LogP contribution in [0.2, 0.25) is 10.0 Å². The minimum Gasteiger partial charge on any atom is -0.389 e. The van der Waals surface area contributed by atoms with Gasteiger partial charge in [0.2, 0.25) is 10.0 Å². The lowest BCUT2D eigenvalue weighted by Crippen LogP contribution is -2.43. The minimum absolute atomic E-state index is 0.0311. The quantitative estimate of drug-likeness (QED) is 0.392. The number of sulfonamides is 1. The standard InChI is InChI=1S/C20H24Cl2F3N3O5S2/c1-10(20(23,24)25)28-35(31,32)13-6-5-11(14(21)15(13)22)16-12(7-8-33-4)27-18(34-16)17(29)26-9-19(2,3)30/h5-6,10,28,30H,7-9H2,1-4H3,(H,26,29)/t10-/m0/s1. The number of nitrogens with one attached hydrogen (secondary N) is 2. The first-order chi connectivity index (χ1) is 16.0. The number of carbonyl (C=O) groups is 1. The van der Waals surface area contributed by atoms with Gasteiger partial charge in [0.25, 0.3) is 5.91 Å². The number of thiazole rings is 1. The van der Waals surface area contributed by atoms with Crippen molar-refractivity contribution >= 4 is 50.5 Å². The lowest BCUT2D eigenvalue weighted by atomic mass is 10.1. The zero-order chi connectivity index (χ0) is 26.8. The molecular formula is C20H24Cl2F3N3O5S2. The number of rotatable bonds is 10. The van der Waals surface area contributed by atoms with Gasteiger partial charge in [-0.2, -0.15) is 17.9 Å². The van der Waals surface area contributed by atoms with Gasteiger partial charge in [0, 0.05) is 25.6 Å². The average Bonchev–Trinajstić information content (AvgIpc) is 3.14. The minimum atomic E-state index is -4.80. The van der Waals surface area contributed by atoms with Crippen LogP contribution in [0.4, 0.5) is 13.2 Å². The molecule has 2 rings (SSSR count). The number of carbonyl (C=O) groups excluding carboxylic acids is 1. The maximum absolute atomic E-state index is 12.8. The highest BCUT2D eigenvalue weighted by Gasteiger charge is 2.39. The first-order valence-electron chi connectivity index (χ1n) is 10.0. The molecule has 0 saturated carbocycles. The molecule has 1 amide bonds. The third kappa shape index (κ3) is 7.75. The summed E-state index contributed by atoms with van der Waals surface area (Å²) in [6.45, 7) is 3.92. The Hall–Kier alpha value is -1.48. The summed E-state index contributed by atoms with van der Waals surface area (Å²) in [5.74, 6) is -0.547. The van der Waals surface area contributed by atoms with Gasteiger partial charge >= 0.3 is 6.18 Å². The fourth-order valence-electron chi connectivity index (χ4n) is 2.68. The second-order valence-electron chi connectivity index (χ2n) is 8.16. The summed E-state index contributed by atoms with van der Waals surface area (Å²) in [6, 6.07) is -0.0410. The molecule has 1 aromatic heterocycles. The topological polar surface area (TPSA) is 118 Å². The zero-order valence-corrected chi connectivity index (χ0v) is 22.2. The molecule has 0 aliphatic rings. The van der Waals surface area contributed by atoms with Crippen molar-refractivity contribution in [2.24, 2.45) is 0 Å². The largest absolute Gasteiger partial charge is 0.404 e. The van der Waals surface area contributed by atoms with Crippen molar-refractivity contribution in [2.75, 3.05) is 20.3 Å². The third-order valence-electron chi connectivity index (χ3n) is 4.52. The molecule has 196 valence electrons. The Morgan fingerprint density at radius 3 is 2.43 bits per heavy atom. The molecule has 2 aromatic rings. The summed E-state index contributed by atoms with van der Waals surface area (Å²) in [5, 5.41) is 11.7. The Morgan fingerprint density at radius 1 is 1.26 bits per heavy atom.